The molecule has 186 valence electrons. The van der Waals surface area contributed by atoms with Gasteiger partial charge >= 0.3 is 11.9 Å². The van der Waals surface area contributed by atoms with Crippen LogP contribution in [0.2, 0.25) is 0 Å². The van der Waals surface area contributed by atoms with E-state index in [-0.39, 0.29) is 0 Å². The normalized spacial score (nSPS) is 13.9. The van der Waals surface area contributed by atoms with Gasteiger partial charge in [-0.15, -0.1) is 0 Å². The van der Waals surface area contributed by atoms with Crippen molar-refractivity contribution in [2.75, 3.05) is 54.6 Å². The van der Waals surface area contributed by atoms with E-state index >= 15 is 0 Å². The number of hydrogen-bond acceptors (Lipinski definition) is 8. The monoisotopic (exact) mass is 476 g/mol. The van der Waals surface area contributed by atoms with Gasteiger partial charge in [0.1, 0.15) is 5.75 Å². The molecule has 2 aromatic carbocycles. The summed E-state index contributed by atoms with van der Waals surface area (Å²) in [6, 6.07) is 12.3. The van der Waals surface area contributed by atoms with Crippen molar-refractivity contribution in [3.8, 4) is 23.0 Å². The number of ether oxygens (including phenoxy) is 4. The molecule has 1 fully saturated rings. The summed E-state index contributed by atoms with van der Waals surface area (Å²) in [6.45, 7) is 5.93. The number of nitrogens with zero attached hydrogens (tertiary/aromatic N) is 2. The van der Waals surface area contributed by atoms with Gasteiger partial charge in [0.15, 0.2) is 11.5 Å². The Balaban J connectivity index is 0.000000604. The lowest BCUT2D eigenvalue weighted by Gasteiger charge is -2.35. The lowest BCUT2D eigenvalue weighted by molar-refractivity contribution is -0.159. The minimum absolute atomic E-state index is 0.653. The third-order valence-corrected chi connectivity index (χ3v) is 5.39. The lowest BCUT2D eigenvalue weighted by atomic mass is 10.1. The average molecular weight is 477 g/mol. The number of benzene rings is 2. The van der Waals surface area contributed by atoms with Gasteiger partial charge in [-0.1, -0.05) is 18.2 Å². The standard InChI is InChI=1S/C22H30N2O4.C2H2O4/c1-25-19-8-5-17(6-9-19)15-23-11-13-24(14-12-23)16-18-7-10-20(26-2)22(28-4)21(18)27-3;3-1(4)2(5)6/h5-10H,11-16H2,1-4H3;(H,3,4)(H,5,6). The maximum atomic E-state index is 9.10. The van der Waals surface area contributed by atoms with Crippen molar-refractivity contribution in [2.45, 2.75) is 13.1 Å². The third-order valence-electron chi connectivity index (χ3n) is 5.39. The molecule has 1 saturated heterocycles. The van der Waals surface area contributed by atoms with E-state index in [1.54, 1.807) is 28.4 Å². The predicted molar refractivity (Wildman–Crippen MR) is 125 cm³/mol. The van der Waals surface area contributed by atoms with E-state index in [0.717, 1.165) is 56.3 Å². The summed E-state index contributed by atoms with van der Waals surface area (Å²) < 4.78 is 21.7. The zero-order valence-electron chi connectivity index (χ0n) is 19.9. The molecule has 10 heteroatoms. The van der Waals surface area contributed by atoms with Crippen LogP contribution in [-0.4, -0.2) is 86.6 Å². The first-order valence-electron chi connectivity index (χ1n) is 10.6. The Morgan fingerprint density at radius 1 is 0.706 bits per heavy atom. The van der Waals surface area contributed by atoms with E-state index in [0.29, 0.717) is 11.5 Å². The molecule has 0 bridgehead atoms. The van der Waals surface area contributed by atoms with Crippen LogP contribution in [0.4, 0.5) is 0 Å². The van der Waals surface area contributed by atoms with Crippen LogP contribution in [0.3, 0.4) is 0 Å². The van der Waals surface area contributed by atoms with E-state index in [1.807, 2.05) is 18.2 Å². The predicted octanol–water partition coefficient (Wildman–Crippen LogP) is 2.19. The van der Waals surface area contributed by atoms with Crippen LogP contribution >= 0.6 is 0 Å². The number of rotatable bonds is 8. The van der Waals surface area contributed by atoms with Crippen molar-refractivity contribution in [3.63, 3.8) is 0 Å². The Labute approximate surface area is 199 Å². The summed E-state index contributed by atoms with van der Waals surface area (Å²) in [5.41, 5.74) is 2.43. The zero-order valence-corrected chi connectivity index (χ0v) is 19.9. The molecule has 1 heterocycles. The second kappa shape index (κ2) is 13.3. The first-order chi connectivity index (χ1) is 16.3. The molecule has 0 atom stereocenters. The van der Waals surface area contributed by atoms with E-state index in [1.165, 1.54) is 5.56 Å². The number of methoxy groups -OCH3 is 4. The first-order valence-corrected chi connectivity index (χ1v) is 10.6. The highest BCUT2D eigenvalue weighted by atomic mass is 16.5. The van der Waals surface area contributed by atoms with Crippen molar-refractivity contribution in [2.24, 2.45) is 0 Å². The van der Waals surface area contributed by atoms with Crippen LogP contribution in [0, 0.1) is 0 Å². The molecule has 0 saturated carbocycles. The van der Waals surface area contributed by atoms with Gasteiger partial charge in [0.05, 0.1) is 28.4 Å². The summed E-state index contributed by atoms with van der Waals surface area (Å²) in [7, 11) is 6.65. The summed E-state index contributed by atoms with van der Waals surface area (Å²) >= 11 is 0. The number of hydrogen-bond donors (Lipinski definition) is 2. The molecule has 1 aliphatic heterocycles. The number of carboxylic acid groups (broad SMARTS) is 2. The minimum atomic E-state index is -1.82. The van der Waals surface area contributed by atoms with Crippen LogP contribution in [0.25, 0.3) is 0 Å². The van der Waals surface area contributed by atoms with Gasteiger partial charge in [0, 0.05) is 44.8 Å². The molecule has 0 radical (unpaired) electrons. The molecule has 2 aromatic rings. The molecule has 10 nitrogen and oxygen atoms in total. The molecule has 1 aliphatic rings. The van der Waals surface area contributed by atoms with Gasteiger partial charge in [0.25, 0.3) is 0 Å². The smallest absolute Gasteiger partial charge is 0.414 e. The summed E-state index contributed by atoms with van der Waals surface area (Å²) in [5.74, 6) is -0.655. The fraction of sp³-hybridized carbons (Fsp3) is 0.417. The Morgan fingerprint density at radius 3 is 1.68 bits per heavy atom. The Kier molecular flexibility index (Phi) is 10.4. The van der Waals surface area contributed by atoms with E-state index in [2.05, 4.69) is 28.0 Å². The molecule has 0 spiro atoms. The maximum absolute atomic E-state index is 9.10. The second-order valence-corrected chi connectivity index (χ2v) is 7.50. The van der Waals surface area contributed by atoms with Gasteiger partial charge in [-0.3, -0.25) is 9.80 Å². The van der Waals surface area contributed by atoms with Gasteiger partial charge in [-0.2, -0.15) is 0 Å². The summed E-state index contributed by atoms with van der Waals surface area (Å²) in [5, 5.41) is 14.8. The molecule has 0 aromatic heterocycles. The second-order valence-electron chi connectivity index (χ2n) is 7.50. The van der Waals surface area contributed by atoms with Crippen molar-refractivity contribution < 1.29 is 38.7 Å². The quantitative estimate of drug-likeness (QED) is 0.549. The van der Waals surface area contributed by atoms with Crippen LogP contribution in [0.15, 0.2) is 36.4 Å². The molecular formula is C24H32N2O8. The SMILES string of the molecule is COc1ccc(CN2CCN(Cc3ccc(OC)c(OC)c3OC)CC2)cc1.O=C(O)C(=O)O. The Hall–Kier alpha value is -3.50. The Bertz CT molecular complexity index is 929. The summed E-state index contributed by atoms with van der Waals surface area (Å²) in [6.07, 6.45) is 0. The minimum Gasteiger partial charge on any atom is -0.497 e. The molecule has 0 amide bonds. The molecule has 0 unspecified atom stereocenters. The molecule has 0 aliphatic carbocycles. The maximum Gasteiger partial charge on any atom is 0.414 e. The van der Waals surface area contributed by atoms with Gasteiger partial charge in [-0.05, 0) is 23.8 Å². The van der Waals surface area contributed by atoms with Gasteiger partial charge in [-0.25, -0.2) is 9.59 Å². The fourth-order valence-corrected chi connectivity index (χ4v) is 3.62. The highest BCUT2D eigenvalue weighted by Crippen LogP contribution is 2.40. The van der Waals surface area contributed by atoms with Crippen LogP contribution in [0.1, 0.15) is 11.1 Å². The van der Waals surface area contributed by atoms with E-state index in [9.17, 15) is 0 Å². The third kappa shape index (κ3) is 7.53. The highest BCUT2D eigenvalue weighted by Gasteiger charge is 2.21. The van der Waals surface area contributed by atoms with E-state index in [4.69, 9.17) is 38.7 Å². The number of carbonyl (C=O) groups is 2. The van der Waals surface area contributed by atoms with Crippen molar-refractivity contribution in [1.82, 2.24) is 9.80 Å². The number of aliphatic carboxylic acids is 2. The van der Waals surface area contributed by atoms with Crippen LogP contribution < -0.4 is 18.9 Å². The molecular weight excluding hydrogens is 444 g/mol. The fourth-order valence-electron chi connectivity index (χ4n) is 3.62. The largest absolute Gasteiger partial charge is 0.497 e. The topological polar surface area (TPSA) is 118 Å². The van der Waals surface area contributed by atoms with Gasteiger partial charge < -0.3 is 29.2 Å². The van der Waals surface area contributed by atoms with Crippen LogP contribution in [0.5, 0.6) is 23.0 Å². The molecule has 34 heavy (non-hydrogen) atoms. The van der Waals surface area contributed by atoms with Crippen molar-refractivity contribution in [3.05, 3.63) is 47.5 Å². The van der Waals surface area contributed by atoms with E-state index < -0.39 is 11.9 Å². The molecule has 3 rings (SSSR count). The van der Waals surface area contributed by atoms with Crippen molar-refractivity contribution >= 4 is 11.9 Å². The molecule has 2 N–H and O–H groups in total. The van der Waals surface area contributed by atoms with Crippen molar-refractivity contribution in [1.29, 1.82) is 0 Å². The highest BCUT2D eigenvalue weighted by molar-refractivity contribution is 6.27. The summed E-state index contributed by atoms with van der Waals surface area (Å²) in [4.78, 5) is 23.1. The average Bonchev–Trinajstić information content (AvgIpc) is 2.85. The first kappa shape index (κ1) is 26.7. The zero-order chi connectivity index (χ0) is 25.1. The Morgan fingerprint density at radius 2 is 1.24 bits per heavy atom. The number of piperazine rings is 1. The lowest BCUT2D eigenvalue weighted by Crippen LogP contribution is -2.45. The number of carboxylic acids is 2. The van der Waals surface area contributed by atoms with Gasteiger partial charge in [0.2, 0.25) is 5.75 Å². The van der Waals surface area contributed by atoms with Crippen LogP contribution in [-0.2, 0) is 22.7 Å².